The first-order valence-corrected chi connectivity index (χ1v) is 11.7. The molecule has 1 atom stereocenters. The lowest BCUT2D eigenvalue weighted by Crippen LogP contribution is -2.38. The second kappa shape index (κ2) is 8.09. The predicted molar refractivity (Wildman–Crippen MR) is 126 cm³/mol. The number of nitrogens with zero attached hydrogens (tertiary/aromatic N) is 2. The predicted octanol–water partition coefficient (Wildman–Crippen LogP) is 4.84. The first-order valence-electron chi connectivity index (χ1n) is 10.8. The Labute approximate surface area is 189 Å². The molecule has 162 valence electrons. The summed E-state index contributed by atoms with van der Waals surface area (Å²) in [6.07, 6.45) is 0.421. The Morgan fingerprint density at radius 2 is 2.12 bits per heavy atom. The zero-order chi connectivity index (χ0) is 21.5. The Morgan fingerprint density at radius 1 is 1.19 bits per heavy atom. The molecule has 1 unspecified atom stereocenters. The van der Waals surface area contributed by atoms with Crippen LogP contribution in [0.15, 0.2) is 64.5 Å². The summed E-state index contributed by atoms with van der Waals surface area (Å²) in [6, 6.07) is 18.2. The summed E-state index contributed by atoms with van der Waals surface area (Å²) in [4.78, 5) is 5.82. The summed E-state index contributed by atoms with van der Waals surface area (Å²) in [5.74, 6) is 0.714. The number of aliphatic hydroxyl groups excluding tert-OH is 1. The molecule has 6 nitrogen and oxygen atoms in total. The second-order valence-corrected chi connectivity index (χ2v) is 9.17. The van der Waals surface area contributed by atoms with E-state index in [1.165, 1.54) is 22.2 Å². The maximum Gasteiger partial charge on any atom is 0.178 e. The van der Waals surface area contributed by atoms with Crippen molar-refractivity contribution in [3.05, 3.63) is 71.2 Å². The van der Waals surface area contributed by atoms with Crippen LogP contribution in [-0.2, 0) is 13.0 Å². The fraction of sp³-hybridized carbons (Fsp3) is 0.240. The Kier molecular flexibility index (Phi) is 4.94. The largest absolute Gasteiger partial charge is 0.491 e. The number of benzene rings is 2. The molecule has 7 heteroatoms. The van der Waals surface area contributed by atoms with Crippen LogP contribution in [-0.4, -0.2) is 45.9 Å². The monoisotopic (exact) mass is 445 g/mol. The van der Waals surface area contributed by atoms with Crippen LogP contribution >= 0.6 is 11.3 Å². The third kappa shape index (κ3) is 3.58. The number of β-amino-alcohol motifs (C(OH)–C–C–N with tert-alkyl or cyclic N) is 1. The average molecular weight is 446 g/mol. The molecule has 2 aromatic carbocycles. The number of hydrogen-bond acceptors (Lipinski definition) is 6. The summed E-state index contributed by atoms with van der Waals surface area (Å²) >= 11 is 1.61. The van der Waals surface area contributed by atoms with Gasteiger partial charge < -0.3 is 19.4 Å². The van der Waals surface area contributed by atoms with Gasteiger partial charge in [0.25, 0.3) is 0 Å². The number of hydrogen-bond donors (Lipinski definition) is 2. The number of nitrogens with one attached hydrogen (secondary N) is 1. The second-order valence-electron chi connectivity index (χ2n) is 8.25. The fourth-order valence-electron chi connectivity index (χ4n) is 4.54. The van der Waals surface area contributed by atoms with Gasteiger partial charge in [-0.25, -0.2) is 0 Å². The van der Waals surface area contributed by atoms with E-state index in [1.54, 1.807) is 11.3 Å². The number of fused-ring (bicyclic) bond motifs is 4. The lowest BCUT2D eigenvalue weighted by atomic mass is 10.0. The van der Waals surface area contributed by atoms with Crippen LogP contribution in [0.3, 0.4) is 0 Å². The topological polar surface area (TPSA) is 74.5 Å². The third-order valence-corrected chi connectivity index (χ3v) is 6.96. The molecule has 1 aliphatic rings. The zero-order valence-electron chi connectivity index (χ0n) is 17.5. The summed E-state index contributed by atoms with van der Waals surface area (Å²) in [5.41, 5.74) is 6.42. The lowest BCUT2D eigenvalue weighted by Gasteiger charge is -2.28. The molecule has 0 fully saturated rings. The van der Waals surface area contributed by atoms with Gasteiger partial charge in [-0.15, -0.1) is 11.3 Å². The van der Waals surface area contributed by atoms with Crippen molar-refractivity contribution in [2.75, 3.05) is 19.7 Å². The van der Waals surface area contributed by atoms with Crippen LogP contribution in [0.5, 0.6) is 5.75 Å². The van der Waals surface area contributed by atoms with Crippen molar-refractivity contribution in [3.8, 4) is 17.0 Å². The minimum Gasteiger partial charge on any atom is -0.491 e. The number of rotatable bonds is 6. The molecular weight excluding hydrogens is 422 g/mol. The van der Waals surface area contributed by atoms with Gasteiger partial charge in [0.1, 0.15) is 28.9 Å². The van der Waals surface area contributed by atoms with Crippen molar-refractivity contribution in [2.24, 2.45) is 0 Å². The van der Waals surface area contributed by atoms with Gasteiger partial charge in [-0.1, -0.05) is 35.5 Å². The van der Waals surface area contributed by atoms with E-state index >= 15 is 0 Å². The smallest absolute Gasteiger partial charge is 0.178 e. The van der Waals surface area contributed by atoms with E-state index in [0.29, 0.717) is 12.3 Å². The molecule has 0 saturated carbocycles. The van der Waals surface area contributed by atoms with Gasteiger partial charge in [0, 0.05) is 41.8 Å². The molecule has 4 heterocycles. The molecule has 5 aromatic rings. The van der Waals surface area contributed by atoms with Gasteiger partial charge in [-0.2, -0.15) is 0 Å². The van der Waals surface area contributed by atoms with Crippen molar-refractivity contribution in [1.29, 1.82) is 0 Å². The maximum atomic E-state index is 10.6. The number of aliphatic hydroxyl groups is 1. The summed E-state index contributed by atoms with van der Waals surface area (Å²) < 4.78 is 12.3. The molecule has 32 heavy (non-hydrogen) atoms. The molecule has 2 N–H and O–H groups in total. The number of ether oxygens (including phenoxy) is 1. The van der Waals surface area contributed by atoms with Crippen LogP contribution in [0, 0.1) is 0 Å². The Bertz CT molecular complexity index is 1390. The van der Waals surface area contributed by atoms with Crippen LogP contribution in [0.25, 0.3) is 32.4 Å². The van der Waals surface area contributed by atoms with Crippen molar-refractivity contribution >= 4 is 32.5 Å². The molecule has 0 spiro atoms. The van der Waals surface area contributed by atoms with Crippen LogP contribution < -0.4 is 4.74 Å². The third-order valence-electron chi connectivity index (χ3n) is 6.06. The van der Waals surface area contributed by atoms with Crippen LogP contribution in [0.4, 0.5) is 0 Å². The Balaban J connectivity index is 1.09. The molecule has 3 aromatic heterocycles. The number of thiophene rings is 1. The molecule has 0 radical (unpaired) electrons. The van der Waals surface area contributed by atoms with Crippen molar-refractivity contribution in [3.63, 3.8) is 0 Å². The van der Waals surface area contributed by atoms with Crippen LogP contribution in [0.1, 0.15) is 11.3 Å². The Morgan fingerprint density at radius 3 is 3.09 bits per heavy atom. The minimum absolute atomic E-state index is 0.243. The quantitative estimate of drug-likeness (QED) is 0.391. The standard InChI is InChI=1S/C25H23N3O3S/c29-17(13-28-10-8-20-19-6-1-2-7-21(19)26-22(20)14-28)15-30-18-5-3-4-16(12-18)24-25-23(31-27-24)9-11-32-25/h1-7,9,11-12,17,26,29H,8,10,13-15H2. The van der Waals surface area contributed by atoms with Crippen molar-refractivity contribution in [1.82, 2.24) is 15.0 Å². The average Bonchev–Trinajstić information content (AvgIpc) is 3.52. The van der Waals surface area contributed by atoms with E-state index in [0.717, 1.165) is 41.1 Å². The number of para-hydroxylation sites is 1. The number of aromatic nitrogens is 2. The van der Waals surface area contributed by atoms with Crippen molar-refractivity contribution in [2.45, 2.75) is 19.1 Å². The highest BCUT2D eigenvalue weighted by molar-refractivity contribution is 7.17. The van der Waals surface area contributed by atoms with E-state index in [4.69, 9.17) is 9.26 Å². The highest BCUT2D eigenvalue weighted by Crippen LogP contribution is 2.33. The summed E-state index contributed by atoms with van der Waals surface area (Å²) in [7, 11) is 0. The van der Waals surface area contributed by atoms with E-state index < -0.39 is 6.10 Å². The molecular formula is C25H23N3O3S. The molecule has 0 saturated heterocycles. The molecule has 1 aliphatic heterocycles. The first-order chi connectivity index (χ1) is 15.7. The SMILES string of the molecule is OC(COc1cccc(-c2noc3ccsc23)c1)CN1CCc2c([nH]c3ccccc23)C1. The normalized spacial score (nSPS) is 15.3. The van der Waals surface area contributed by atoms with Crippen molar-refractivity contribution < 1.29 is 14.4 Å². The summed E-state index contributed by atoms with van der Waals surface area (Å²) in [5, 5.41) is 18.1. The first kappa shape index (κ1) is 19.5. The van der Waals surface area contributed by atoms with Gasteiger partial charge in [-0.05, 0) is 41.6 Å². The van der Waals surface area contributed by atoms with Gasteiger partial charge in [0.15, 0.2) is 5.58 Å². The van der Waals surface area contributed by atoms with Crippen LogP contribution in [0.2, 0.25) is 0 Å². The van der Waals surface area contributed by atoms with E-state index in [1.807, 2.05) is 35.7 Å². The molecule has 0 bridgehead atoms. The number of H-pyrrole nitrogens is 1. The molecule has 0 amide bonds. The minimum atomic E-state index is -0.569. The van der Waals surface area contributed by atoms with E-state index in [-0.39, 0.29) is 6.61 Å². The van der Waals surface area contributed by atoms with E-state index in [9.17, 15) is 5.11 Å². The highest BCUT2D eigenvalue weighted by Gasteiger charge is 2.22. The maximum absolute atomic E-state index is 10.6. The van der Waals surface area contributed by atoms with Gasteiger partial charge in [0.05, 0.1) is 0 Å². The lowest BCUT2D eigenvalue weighted by molar-refractivity contribution is 0.0635. The zero-order valence-corrected chi connectivity index (χ0v) is 18.3. The van der Waals surface area contributed by atoms with Gasteiger partial charge in [0.2, 0.25) is 0 Å². The molecule has 0 aliphatic carbocycles. The summed E-state index contributed by atoms with van der Waals surface area (Å²) in [6.45, 7) is 2.57. The fourth-order valence-corrected chi connectivity index (χ4v) is 5.36. The molecule has 6 rings (SSSR count). The Hall–Kier alpha value is -3.13. The van der Waals surface area contributed by atoms with Gasteiger partial charge >= 0.3 is 0 Å². The number of aromatic amines is 1. The van der Waals surface area contributed by atoms with Gasteiger partial charge in [-0.3, -0.25) is 4.90 Å². The highest BCUT2D eigenvalue weighted by atomic mass is 32.1. The van der Waals surface area contributed by atoms with E-state index in [2.05, 4.69) is 39.3 Å².